The lowest BCUT2D eigenvalue weighted by Crippen LogP contribution is -2.67. The van der Waals surface area contributed by atoms with Gasteiger partial charge in [0.2, 0.25) is 0 Å². The minimum atomic E-state index is -0.715. The SMILES string of the molecule is C=CCCOC(=O)C[C@]1(C)[C@H]2CC[C@@H]3[C@H]4[C@H]5OC[C@@]4(CCC5(C)C)CC[C@@]3(C)[C@]2(C)CC[C@H]1C(C)(C)C(=O)OCCC=C. The fourth-order valence-electron chi connectivity index (χ4n) is 11.9. The number of carbonyl (C=O) groups is 2. The molecule has 5 fully saturated rings. The molecule has 1 heterocycles. The van der Waals surface area contributed by atoms with Crippen LogP contribution in [0.25, 0.3) is 0 Å². The van der Waals surface area contributed by atoms with Gasteiger partial charge in [-0.2, -0.15) is 0 Å². The van der Waals surface area contributed by atoms with Crippen LogP contribution in [0.5, 0.6) is 0 Å². The lowest BCUT2D eigenvalue weighted by molar-refractivity contribution is -0.238. The third-order valence-corrected chi connectivity index (χ3v) is 14.5. The molecule has 2 bridgehead atoms. The normalized spacial score (nSPS) is 43.0. The van der Waals surface area contributed by atoms with Gasteiger partial charge >= 0.3 is 11.9 Å². The largest absolute Gasteiger partial charge is 0.465 e. The van der Waals surface area contributed by atoms with Crippen LogP contribution >= 0.6 is 0 Å². The molecule has 0 unspecified atom stereocenters. The third kappa shape index (κ3) is 4.97. The second-order valence-corrected chi connectivity index (χ2v) is 17.2. The Hall–Kier alpha value is -1.62. The van der Waals surface area contributed by atoms with E-state index in [2.05, 4.69) is 61.6 Å². The zero-order valence-electron chi connectivity index (χ0n) is 28.4. The molecule has 1 saturated heterocycles. The highest BCUT2D eigenvalue weighted by Gasteiger charge is 2.72. The fraction of sp³-hybridized carbons (Fsp3) is 0.842. The molecule has 4 aliphatic carbocycles. The van der Waals surface area contributed by atoms with Crippen LogP contribution in [0.1, 0.15) is 119 Å². The predicted molar refractivity (Wildman–Crippen MR) is 171 cm³/mol. The fourth-order valence-corrected chi connectivity index (χ4v) is 11.9. The Labute approximate surface area is 261 Å². The Morgan fingerprint density at radius 2 is 1.51 bits per heavy atom. The standard InChI is InChI=1S/C38H60O5/c1-10-12-22-41-29(39)24-35(7)27(34(5,6)32(40)42-23-13-11-2)16-17-37(9)28(35)15-14-26-30-31-33(3,4)18-20-38(30,25-43-31)21-19-36(26,37)8/h10-11,26-28,30-31H,1-2,12-25H2,3-9H3/t26-,27+,28-,30+,31-,35+,36-,37-,38-/m1/s1. The van der Waals surface area contributed by atoms with Gasteiger partial charge < -0.3 is 14.2 Å². The monoisotopic (exact) mass is 596 g/mol. The van der Waals surface area contributed by atoms with Crippen LogP contribution in [0.2, 0.25) is 0 Å². The van der Waals surface area contributed by atoms with Crippen molar-refractivity contribution in [3.8, 4) is 0 Å². The van der Waals surface area contributed by atoms with Gasteiger partial charge in [-0.15, -0.1) is 13.2 Å². The Bertz CT molecular complexity index is 1110. The minimum Gasteiger partial charge on any atom is -0.465 e. The lowest BCUT2D eigenvalue weighted by atomic mass is 9.32. The molecule has 5 nitrogen and oxygen atoms in total. The average molecular weight is 597 g/mol. The van der Waals surface area contributed by atoms with Gasteiger partial charge in [-0.25, -0.2) is 0 Å². The van der Waals surface area contributed by atoms with E-state index in [9.17, 15) is 9.59 Å². The van der Waals surface area contributed by atoms with Gasteiger partial charge in [-0.3, -0.25) is 9.59 Å². The molecule has 0 N–H and O–H groups in total. The number of fused-ring (bicyclic) bond motifs is 3. The van der Waals surface area contributed by atoms with E-state index in [4.69, 9.17) is 14.2 Å². The summed E-state index contributed by atoms with van der Waals surface area (Å²) in [6, 6.07) is 0. The molecule has 0 radical (unpaired) electrons. The number of esters is 2. The van der Waals surface area contributed by atoms with Crippen molar-refractivity contribution in [2.24, 2.45) is 56.2 Å². The molecule has 0 aromatic carbocycles. The van der Waals surface area contributed by atoms with E-state index < -0.39 is 5.41 Å². The molecule has 5 heteroatoms. The number of carbonyl (C=O) groups excluding carboxylic acids is 2. The summed E-state index contributed by atoms with van der Waals surface area (Å²) >= 11 is 0. The molecule has 242 valence electrons. The first-order valence-electron chi connectivity index (χ1n) is 17.3. The van der Waals surface area contributed by atoms with Crippen molar-refractivity contribution in [2.45, 2.75) is 125 Å². The van der Waals surface area contributed by atoms with Crippen molar-refractivity contribution in [3.63, 3.8) is 0 Å². The van der Waals surface area contributed by atoms with E-state index in [1.807, 2.05) is 0 Å². The molecular formula is C38H60O5. The molecule has 5 aliphatic rings. The molecule has 0 spiro atoms. The zero-order chi connectivity index (χ0) is 31.5. The summed E-state index contributed by atoms with van der Waals surface area (Å²) in [4.78, 5) is 27.2. The summed E-state index contributed by atoms with van der Waals surface area (Å²) < 4.78 is 18.3. The molecule has 1 aliphatic heterocycles. The van der Waals surface area contributed by atoms with Crippen LogP contribution in [0.15, 0.2) is 25.3 Å². The van der Waals surface area contributed by atoms with E-state index in [0.29, 0.717) is 61.7 Å². The van der Waals surface area contributed by atoms with Gasteiger partial charge in [0.05, 0.1) is 37.8 Å². The van der Waals surface area contributed by atoms with Gasteiger partial charge in [0.15, 0.2) is 0 Å². The van der Waals surface area contributed by atoms with Crippen molar-refractivity contribution in [2.75, 3.05) is 19.8 Å². The number of rotatable bonds is 10. The zero-order valence-corrected chi connectivity index (χ0v) is 28.4. The topological polar surface area (TPSA) is 61.8 Å². The van der Waals surface area contributed by atoms with E-state index in [1.54, 1.807) is 12.2 Å². The summed E-state index contributed by atoms with van der Waals surface area (Å²) in [5, 5.41) is 0. The van der Waals surface area contributed by atoms with Crippen molar-refractivity contribution in [1.29, 1.82) is 0 Å². The molecule has 5 rings (SSSR count). The smallest absolute Gasteiger partial charge is 0.311 e. The highest BCUT2D eigenvalue weighted by atomic mass is 16.5. The molecule has 0 aromatic heterocycles. The van der Waals surface area contributed by atoms with Gasteiger partial charge in [-0.05, 0) is 129 Å². The van der Waals surface area contributed by atoms with Crippen LogP contribution in [0.4, 0.5) is 0 Å². The van der Waals surface area contributed by atoms with Crippen LogP contribution in [0.3, 0.4) is 0 Å². The minimum absolute atomic E-state index is 0.0180. The quantitative estimate of drug-likeness (QED) is 0.143. The average Bonchev–Trinajstić information content (AvgIpc) is 3.27. The van der Waals surface area contributed by atoms with E-state index in [1.165, 1.54) is 32.1 Å². The van der Waals surface area contributed by atoms with Gasteiger partial charge in [0.1, 0.15) is 0 Å². The number of ether oxygens (including phenoxy) is 3. The van der Waals surface area contributed by atoms with Crippen LogP contribution < -0.4 is 0 Å². The van der Waals surface area contributed by atoms with Crippen LogP contribution in [0, 0.1) is 56.2 Å². The third-order valence-electron chi connectivity index (χ3n) is 14.5. The summed E-state index contributed by atoms with van der Waals surface area (Å²) in [5.41, 5.74) is -0.305. The molecule has 0 amide bonds. The first kappa shape index (κ1) is 32.8. The first-order valence-corrected chi connectivity index (χ1v) is 17.3. The van der Waals surface area contributed by atoms with Crippen molar-refractivity contribution in [1.82, 2.24) is 0 Å². The molecule has 0 aromatic rings. The Kier molecular flexibility index (Phi) is 8.62. The van der Waals surface area contributed by atoms with Crippen LogP contribution in [-0.4, -0.2) is 37.9 Å². The number of hydrogen-bond acceptors (Lipinski definition) is 5. The first-order chi connectivity index (χ1) is 20.1. The molecule has 4 saturated carbocycles. The Morgan fingerprint density at radius 3 is 2.19 bits per heavy atom. The van der Waals surface area contributed by atoms with Gasteiger partial charge in [0.25, 0.3) is 0 Å². The Balaban J connectivity index is 1.50. The van der Waals surface area contributed by atoms with Crippen LogP contribution in [-0.2, 0) is 23.8 Å². The Morgan fingerprint density at radius 1 is 0.860 bits per heavy atom. The maximum absolute atomic E-state index is 13.7. The van der Waals surface area contributed by atoms with E-state index >= 15 is 0 Å². The molecule has 9 atom stereocenters. The highest BCUT2D eigenvalue weighted by Crippen LogP contribution is 2.77. The predicted octanol–water partition coefficient (Wildman–Crippen LogP) is 8.71. The maximum Gasteiger partial charge on any atom is 0.311 e. The second kappa shape index (κ2) is 11.3. The summed E-state index contributed by atoms with van der Waals surface area (Å²) in [5.74, 6) is 1.28. The summed E-state index contributed by atoms with van der Waals surface area (Å²) in [6.07, 6.45) is 14.9. The summed E-state index contributed by atoms with van der Waals surface area (Å²) in [6.45, 7) is 25.7. The van der Waals surface area contributed by atoms with E-state index in [-0.39, 0.29) is 39.5 Å². The molecular weight excluding hydrogens is 536 g/mol. The maximum atomic E-state index is 13.7. The van der Waals surface area contributed by atoms with Gasteiger partial charge in [-0.1, -0.05) is 46.8 Å². The van der Waals surface area contributed by atoms with E-state index in [0.717, 1.165) is 25.9 Å². The van der Waals surface area contributed by atoms with Gasteiger partial charge in [0, 0.05) is 0 Å². The number of hydrogen-bond donors (Lipinski definition) is 0. The van der Waals surface area contributed by atoms with Crippen molar-refractivity contribution in [3.05, 3.63) is 25.3 Å². The lowest BCUT2D eigenvalue weighted by Gasteiger charge is -2.72. The highest BCUT2D eigenvalue weighted by molar-refractivity contribution is 5.77. The van der Waals surface area contributed by atoms with Crippen molar-refractivity contribution >= 4 is 11.9 Å². The van der Waals surface area contributed by atoms with Crippen molar-refractivity contribution < 1.29 is 23.8 Å². The summed E-state index contributed by atoms with van der Waals surface area (Å²) in [7, 11) is 0. The molecule has 43 heavy (non-hydrogen) atoms. The second-order valence-electron chi connectivity index (χ2n) is 17.2.